The van der Waals surface area contributed by atoms with Crippen molar-refractivity contribution in [1.29, 1.82) is 0 Å². The van der Waals surface area contributed by atoms with Crippen molar-refractivity contribution in [2.75, 3.05) is 17.3 Å². The molecule has 2 atom stereocenters. The first-order chi connectivity index (χ1) is 9.15. The molecule has 0 aliphatic rings. The Bertz CT molecular complexity index is 560. The summed E-state index contributed by atoms with van der Waals surface area (Å²) in [6, 6.07) is 7.80. The van der Waals surface area contributed by atoms with E-state index in [0.29, 0.717) is 11.8 Å². The molecular weight excluding hydrogens is 242 g/mol. The van der Waals surface area contributed by atoms with E-state index in [9.17, 15) is 5.11 Å². The van der Waals surface area contributed by atoms with E-state index < -0.39 is 0 Å². The fraction of sp³-hybridized carbons (Fsp3) is 0.385. The Labute approximate surface area is 112 Å². The van der Waals surface area contributed by atoms with Gasteiger partial charge in [0.15, 0.2) is 0 Å². The SMILES string of the molecule is CC(CO)C(C)Nc1nc(NN)nc2ccccc12. The second-order valence-corrected chi connectivity index (χ2v) is 4.65. The van der Waals surface area contributed by atoms with Crippen molar-refractivity contribution in [2.24, 2.45) is 11.8 Å². The summed E-state index contributed by atoms with van der Waals surface area (Å²) in [5, 5.41) is 13.4. The molecule has 6 nitrogen and oxygen atoms in total. The van der Waals surface area contributed by atoms with Gasteiger partial charge >= 0.3 is 0 Å². The van der Waals surface area contributed by atoms with Gasteiger partial charge in [-0.3, -0.25) is 5.43 Å². The fourth-order valence-corrected chi connectivity index (χ4v) is 1.77. The van der Waals surface area contributed by atoms with Crippen LogP contribution < -0.4 is 16.6 Å². The van der Waals surface area contributed by atoms with Crippen molar-refractivity contribution < 1.29 is 5.11 Å². The number of benzene rings is 1. The summed E-state index contributed by atoms with van der Waals surface area (Å²) in [7, 11) is 0. The molecule has 1 aromatic carbocycles. The molecule has 0 radical (unpaired) electrons. The Balaban J connectivity index is 2.40. The van der Waals surface area contributed by atoms with E-state index in [1.807, 2.05) is 38.1 Å². The van der Waals surface area contributed by atoms with Gasteiger partial charge in [-0.05, 0) is 25.0 Å². The number of nitrogens with one attached hydrogen (secondary N) is 2. The second kappa shape index (κ2) is 5.81. The van der Waals surface area contributed by atoms with Crippen molar-refractivity contribution in [1.82, 2.24) is 9.97 Å². The first-order valence-corrected chi connectivity index (χ1v) is 6.26. The molecular formula is C13H19N5O. The van der Waals surface area contributed by atoms with Crippen LogP contribution in [-0.4, -0.2) is 27.7 Å². The van der Waals surface area contributed by atoms with E-state index in [4.69, 9.17) is 5.84 Å². The number of rotatable bonds is 5. The molecule has 102 valence electrons. The normalized spacial score (nSPS) is 14.1. The number of para-hydroxylation sites is 1. The van der Waals surface area contributed by atoms with Crippen molar-refractivity contribution >= 4 is 22.7 Å². The highest BCUT2D eigenvalue weighted by Crippen LogP contribution is 2.23. The van der Waals surface area contributed by atoms with Gasteiger partial charge < -0.3 is 10.4 Å². The Kier molecular flexibility index (Phi) is 4.13. The van der Waals surface area contributed by atoms with Crippen LogP contribution >= 0.6 is 0 Å². The third-order valence-electron chi connectivity index (χ3n) is 3.24. The lowest BCUT2D eigenvalue weighted by Crippen LogP contribution is -2.27. The Morgan fingerprint density at radius 2 is 2.00 bits per heavy atom. The van der Waals surface area contributed by atoms with Crippen molar-refractivity contribution in [3.8, 4) is 0 Å². The number of nitrogens with two attached hydrogens (primary N) is 1. The van der Waals surface area contributed by atoms with Crippen LogP contribution in [-0.2, 0) is 0 Å². The zero-order valence-corrected chi connectivity index (χ0v) is 11.1. The van der Waals surface area contributed by atoms with Gasteiger partial charge in [-0.25, -0.2) is 10.8 Å². The van der Waals surface area contributed by atoms with Crippen LogP contribution in [0.2, 0.25) is 0 Å². The van der Waals surface area contributed by atoms with Crippen molar-refractivity contribution in [3.05, 3.63) is 24.3 Å². The highest BCUT2D eigenvalue weighted by Gasteiger charge is 2.14. The Morgan fingerprint density at radius 3 is 2.68 bits per heavy atom. The van der Waals surface area contributed by atoms with E-state index in [0.717, 1.165) is 10.9 Å². The van der Waals surface area contributed by atoms with Crippen molar-refractivity contribution in [2.45, 2.75) is 19.9 Å². The molecule has 6 heteroatoms. The van der Waals surface area contributed by atoms with E-state index in [-0.39, 0.29) is 18.6 Å². The molecule has 0 aliphatic carbocycles. The maximum absolute atomic E-state index is 9.19. The number of nitrogen functional groups attached to an aromatic ring is 1. The number of aliphatic hydroxyl groups is 1. The summed E-state index contributed by atoms with van der Waals surface area (Å²) < 4.78 is 0. The van der Waals surface area contributed by atoms with E-state index in [2.05, 4.69) is 20.7 Å². The molecule has 2 unspecified atom stereocenters. The van der Waals surface area contributed by atoms with Gasteiger partial charge in [-0.15, -0.1) is 0 Å². The van der Waals surface area contributed by atoms with Crippen LogP contribution in [0.3, 0.4) is 0 Å². The standard InChI is InChI=1S/C13H19N5O/c1-8(7-19)9(2)15-12-10-5-3-4-6-11(10)16-13(17-12)18-14/h3-6,8-9,19H,7,14H2,1-2H3,(H2,15,16,17,18). The lowest BCUT2D eigenvalue weighted by Gasteiger charge is -2.21. The van der Waals surface area contributed by atoms with Gasteiger partial charge in [0.2, 0.25) is 5.95 Å². The average Bonchev–Trinajstić information content (AvgIpc) is 2.46. The zero-order chi connectivity index (χ0) is 13.8. The van der Waals surface area contributed by atoms with Gasteiger partial charge in [-0.1, -0.05) is 19.1 Å². The first-order valence-electron chi connectivity index (χ1n) is 6.26. The summed E-state index contributed by atoms with van der Waals surface area (Å²) >= 11 is 0. The number of hydrazine groups is 1. The molecule has 1 aromatic heterocycles. The topological polar surface area (TPSA) is 96.1 Å². The molecule has 0 saturated heterocycles. The minimum atomic E-state index is 0.0916. The third-order valence-corrected chi connectivity index (χ3v) is 3.24. The smallest absolute Gasteiger partial charge is 0.239 e. The summed E-state index contributed by atoms with van der Waals surface area (Å²) in [4.78, 5) is 8.63. The lowest BCUT2D eigenvalue weighted by molar-refractivity contribution is 0.226. The van der Waals surface area contributed by atoms with Gasteiger partial charge in [0.25, 0.3) is 0 Å². The number of aliphatic hydroxyl groups excluding tert-OH is 1. The molecule has 0 bridgehead atoms. The summed E-state index contributed by atoms with van der Waals surface area (Å²) in [5.74, 6) is 6.59. The van der Waals surface area contributed by atoms with Crippen LogP contribution in [0.5, 0.6) is 0 Å². The molecule has 5 N–H and O–H groups in total. The molecule has 0 spiro atoms. The summed E-state index contributed by atoms with van der Waals surface area (Å²) in [6.45, 7) is 4.11. The van der Waals surface area contributed by atoms with Gasteiger partial charge in [0.1, 0.15) is 5.82 Å². The predicted octanol–water partition coefficient (Wildman–Crippen LogP) is 1.34. The number of hydrogen-bond donors (Lipinski definition) is 4. The van der Waals surface area contributed by atoms with Gasteiger partial charge in [0.05, 0.1) is 5.52 Å². The zero-order valence-electron chi connectivity index (χ0n) is 11.1. The molecule has 2 aromatic rings. The minimum absolute atomic E-state index is 0.0916. The number of anilines is 2. The quantitative estimate of drug-likeness (QED) is 0.479. The largest absolute Gasteiger partial charge is 0.396 e. The van der Waals surface area contributed by atoms with E-state index in [1.54, 1.807) is 0 Å². The highest BCUT2D eigenvalue weighted by molar-refractivity contribution is 5.90. The van der Waals surface area contributed by atoms with Crippen LogP contribution in [0.15, 0.2) is 24.3 Å². The molecule has 19 heavy (non-hydrogen) atoms. The van der Waals surface area contributed by atoms with Crippen LogP contribution in [0.1, 0.15) is 13.8 Å². The summed E-state index contributed by atoms with van der Waals surface area (Å²) in [6.07, 6.45) is 0. The molecule has 0 aliphatic heterocycles. The molecule has 0 amide bonds. The van der Waals surface area contributed by atoms with Crippen molar-refractivity contribution in [3.63, 3.8) is 0 Å². The highest BCUT2D eigenvalue weighted by atomic mass is 16.3. The monoisotopic (exact) mass is 261 g/mol. The summed E-state index contributed by atoms with van der Waals surface area (Å²) in [5.41, 5.74) is 3.28. The average molecular weight is 261 g/mol. The molecule has 0 saturated carbocycles. The van der Waals surface area contributed by atoms with Gasteiger partial charge in [-0.2, -0.15) is 4.98 Å². The molecule has 2 rings (SSSR count). The number of aromatic nitrogens is 2. The van der Waals surface area contributed by atoms with E-state index in [1.165, 1.54) is 0 Å². The third kappa shape index (κ3) is 2.91. The lowest BCUT2D eigenvalue weighted by atomic mass is 10.1. The minimum Gasteiger partial charge on any atom is -0.396 e. The van der Waals surface area contributed by atoms with Gasteiger partial charge in [0, 0.05) is 18.0 Å². The van der Waals surface area contributed by atoms with Crippen LogP contribution in [0, 0.1) is 5.92 Å². The number of fused-ring (bicyclic) bond motifs is 1. The maximum atomic E-state index is 9.19. The van der Waals surface area contributed by atoms with Crippen LogP contribution in [0.25, 0.3) is 10.9 Å². The fourth-order valence-electron chi connectivity index (χ4n) is 1.77. The van der Waals surface area contributed by atoms with Crippen LogP contribution in [0.4, 0.5) is 11.8 Å². The Hall–Kier alpha value is -1.92. The molecule has 1 heterocycles. The number of hydrogen-bond acceptors (Lipinski definition) is 6. The second-order valence-electron chi connectivity index (χ2n) is 4.65. The molecule has 0 fully saturated rings. The van der Waals surface area contributed by atoms with E-state index >= 15 is 0 Å². The predicted molar refractivity (Wildman–Crippen MR) is 76.7 cm³/mol. The maximum Gasteiger partial charge on any atom is 0.239 e. The first kappa shape index (κ1) is 13.5. The number of nitrogens with zero attached hydrogens (tertiary/aromatic N) is 2. The Morgan fingerprint density at radius 1 is 1.26 bits per heavy atom.